The monoisotopic (exact) mass is 323 g/mol. The van der Waals surface area contributed by atoms with Crippen LogP contribution in [0.3, 0.4) is 0 Å². The maximum Gasteiger partial charge on any atom is 0.315 e. The first-order valence-electron chi connectivity index (χ1n) is 7.72. The van der Waals surface area contributed by atoms with Crippen LogP contribution in [0.25, 0.3) is 10.9 Å². The number of carbonyl (C=O) groups is 1. The van der Waals surface area contributed by atoms with E-state index in [1.807, 2.05) is 36.9 Å². The van der Waals surface area contributed by atoms with Crippen LogP contribution in [0.1, 0.15) is 22.6 Å². The summed E-state index contributed by atoms with van der Waals surface area (Å²) < 4.78 is 12.7. The lowest BCUT2D eigenvalue weighted by atomic mass is 9.90. The van der Waals surface area contributed by atoms with E-state index < -0.39 is 11.9 Å². The fourth-order valence-corrected chi connectivity index (χ4v) is 3.30. The molecule has 0 amide bonds. The number of hydrogen-bond acceptors (Lipinski definition) is 3. The highest BCUT2D eigenvalue weighted by Gasteiger charge is 2.27. The molecule has 0 spiro atoms. The molecular formula is C19H17NO4. The highest BCUT2D eigenvalue weighted by molar-refractivity contribution is 5.92. The van der Waals surface area contributed by atoms with Gasteiger partial charge in [0.25, 0.3) is 0 Å². The van der Waals surface area contributed by atoms with Gasteiger partial charge in [-0.3, -0.25) is 4.79 Å². The van der Waals surface area contributed by atoms with Crippen LogP contribution in [0.4, 0.5) is 0 Å². The standard InChI is InChI=1S/C19H17NO4/c1-11-3-5-13-14(9-20(2)15(13)7-11)18(19(21)22)12-4-6-16-17(8-12)24-10-23-16/h3-9,18H,10H2,1-2H3,(H,21,22). The third-order valence-electron chi connectivity index (χ3n) is 4.46. The second-order valence-electron chi connectivity index (χ2n) is 6.10. The van der Waals surface area contributed by atoms with E-state index in [9.17, 15) is 9.90 Å². The number of aromatic nitrogens is 1. The van der Waals surface area contributed by atoms with E-state index in [4.69, 9.17) is 9.47 Å². The van der Waals surface area contributed by atoms with E-state index in [0.717, 1.165) is 22.0 Å². The van der Waals surface area contributed by atoms with Gasteiger partial charge in [-0.05, 0) is 41.8 Å². The van der Waals surface area contributed by atoms with Crippen molar-refractivity contribution in [3.8, 4) is 11.5 Å². The average molecular weight is 323 g/mol. The van der Waals surface area contributed by atoms with Gasteiger partial charge in [0.05, 0.1) is 0 Å². The topological polar surface area (TPSA) is 60.7 Å². The van der Waals surface area contributed by atoms with E-state index in [1.54, 1.807) is 18.2 Å². The van der Waals surface area contributed by atoms with Crippen molar-refractivity contribution in [2.45, 2.75) is 12.8 Å². The normalized spacial score (nSPS) is 14.1. The molecule has 0 fully saturated rings. The van der Waals surface area contributed by atoms with Crippen molar-refractivity contribution in [3.63, 3.8) is 0 Å². The van der Waals surface area contributed by atoms with E-state index in [0.29, 0.717) is 17.1 Å². The quantitative estimate of drug-likeness (QED) is 0.802. The Morgan fingerprint density at radius 2 is 1.96 bits per heavy atom. The van der Waals surface area contributed by atoms with E-state index in [-0.39, 0.29) is 6.79 Å². The van der Waals surface area contributed by atoms with Crippen LogP contribution in [-0.2, 0) is 11.8 Å². The van der Waals surface area contributed by atoms with E-state index in [2.05, 4.69) is 6.07 Å². The number of nitrogens with zero attached hydrogens (tertiary/aromatic N) is 1. The van der Waals surface area contributed by atoms with Gasteiger partial charge >= 0.3 is 5.97 Å². The van der Waals surface area contributed by atoms with Gasteiger partial charge in [0, 0.05) is 24.1 Å². The molecule has 0 saturated heterocycles. The Hall–Kier alpha value is -2.95. The number of rotatable bonds is 3. The fourth-order valence-electron chi connectivity index (χ4n) is 3.30. The Labute approximate surface area is 139 Å². The van der Waals surface area contributed by atoms with Gasteiger partial charge in [-0.25, -0.2) is 0 Å². The number of benzene rings is 2. The molecule has 1 aliphatic heterocycles. The molecule has 2 aromatic carbocycles. The van der Waals surface area contributed by atoms with Gasteiger partial charge in [-0.15, -0.1) is 0 Å². The third-order valence-corrected chi connectivity index (χ3v) is 4.46. The molecule has 0 aliphatic carbocycles. The first kappa shape index (κ1) is 14.6. The van der Waals surface area contributed by atoms with E-state index >= 15 is 0 Å². The summed E-state index contributed by atoms with van der Waals surface area (Å²) in [6, 6.07) is 11.4. The molecule has 1 N–H and O–H groups in total. The Morgan fingerprint density at radius 1 is 1.17 bits per heavy atom. The average Bonchev–Trinajstić information content (AvgIpc) is 3.12. The molecule has 1 unspecified atom stereocenters. The SMILES string of the molecule is Cc1ccc2c(C(C(=O)O)c3ccc4c(c3)OCO4)cn(C)c2c1. The first-order chi connectivity index (χ1) is 11.5. The summed E-state index contributed by atoms with van der Waals surface area (Å²) in [5.41, 5.74) is 3.63. The fraction of sp³-hybridized carbons (Fsp3) is 0.211. The number of aliphatic carboxylic acids is 1. The van der Waals surface area contributed by atoms with Crippen LogP contribution >= 0.6 is 0 Å². The molecule has 0 radical (unpaired) electrons. The summed E-state index contributed by atoms with van der Waals surface area (Å²) in [6.07, 6.45) is 1.90. The molecular weight excluding hydrogens is 306 g/mol. The largest absolute Gasteiger partial charge is 0.481 e. The van der Waals surface area contributed by atoms with Crippen molar-refractivity contribution in [2.24, 2.45) is 7.05 Å². The maximum absolute atomic E-state index is 12.0. The van der Waals surface area contributed by atoms with Crippen LogP contribution in [0.2, 0.25) is 0 Å². The Morgan fingerprint density at radius 3 is 2.75 bits per heavy atom. The molecule has 0 bridgehead atoms. The number of carboxylic acid groups (broad SMARTS) is 1. The second kappa shape index (κ2) is 5.30. The van der Waals surface area contributed by atoms with Crippen molar-refractivity contribution >= 4 is 16.9 Å². The molecule has 24 heavy (non-hydrogen) atoms. The Kier molecular flexibility index (Phi) is 3.23. The van der Waals surface area contributed by atoms with Crippen molar-refractivity contribution in [3.05, 3.63) is 59.3 Å². The minimum atomic E-state index is -0.887. The summed E-state index contributed by atoms with van der Waals surface area (Å²) in [5, 5.41) is 10.8. The molecule has 1 aliphatic rings. The van der Waals surface area contributed by atoms with Crippen molar-refractivity contribution in [2.75, 3.05) is 6.79 Å². The van der Waals surface area contributed by atoms with Crippen LogP contribution < -0.4 is 9.47 Å². The van der Waals surface area contributed by atoms with Gasteiger partial charge in [0.2, 0.25) is 6.79 Å². The summed E-state index contributed by atoms with van der Waals surface area (Å²) in [6.45, 7) is 2.20. The van der Waals surface area contributed by atoms with Crippen molar-refractivity contribution in [1.29, 1.82) is 0 Å². The van der Waals surface area contributed by atoms with Crippen LogP contribution in [0.15, 0.2) is 42.6 Å². The Balaban J connectivity index is 1.89. The molecule has 1 atom stereocenters. The van der Waals surface area contributed by atoms with Gasteiger partial charge in [0.15, 0.2) is 11.5 Å². The number of aryl methyl sites for hydroxylation is 2. The van der Waals surface area contributed by atoms with Gasteiger partial charge < -0.3 is 19.1 Å². The zero-order chi connectivity index (χ0) is 16.8. The summed E-state index contributed by atoms with van der Waals surface area (Å²) >= 11 is 0. The maximum atomic E-state index is 12.0. The summed E-state index contributed by atoms with van der Waals surface area (Å²) in [4.78, 5) is 12.0. The smallest absolute Gasteiger partial charge is 0.315 e. The molecule has 4 rings (SSSR count). The predicted octanol–water partition coefficient (Wildman–Crippen LogP) is 3.43. The predicted molar refractivity (Wildman–Crippen MR) is 89.7 cm³/mol. The van der Waals surface area contributed by atoms with Crippen molar-refractivity contribution in [1.82, 2.24) is 4.57 Å². The summed E-state index contributed by atoms with van der Waals surface area (Å²) in [7, 11) is 1.93. The molecule has 122 valence electrons. The molecule has 3 aromatic rings. The highest BCUT2D eigenvalue weighted by Crippen LogP contribution is 2.38. The summed E-state index contributed by atoms with van der Waals surface area (Å²) in [5.74, 6) is -0.404. The number of ether oxygens (including phenoxy) is 2. The lowest BCUT2D eigenvalue weighted by molar-refractivity contribution is -0.137. The van der Waals surface area contributed by atoms with Crippen molar-refractivity contribution < 1.29 is 19.4 Å². The second-order valence-corrected chi connectivity index (χ2v) is 6.10. The van der Waals surface area contributed by atoms with E-state index in [1.165, 1.54) is 0 Å². The molecule has 2 heterocycles. The van der Waals surface area contributed by atoms with Gasteiger partial charge in [-0.1, -0.05) is 18.2 Å². The molecule has 1 aromatic heterocycles. The Bertz CT molecular complexity index is 957. The lowest BCUT2D eigenvalue weighted by Crippen LogP contribution is -2.12. The zero-order valence-electron chi connectivity index (χ0n) is 13.4. The van der Waals surface area contributed by atoms with Crippen LogP contribution in [0.5, 0.6) is 11.5 Å². The van der Waals surface area contributed by atoms with Crippen LogP contribution in [0, 0.1) is 6.92 Å². The first-order valence-corrected chi connectivity index (χ1v) is 7.72. The third kappa shape index (κ3) is 2.21. The lowest BCUT2D eigenvalue weighted by Gasteiger charge is -2.13. The van der Waals surface area contributed by atoms with Crippen LogP contribution in [-0.4, -0.2) is 22.4 Å². The number of carboxylic acids is 1. The van der Waals surface area contributed by atoms with Gasteiger partial charge in [0.1, 0.15) is 5.92 Å². The highest BCUT2D eigenvalue weighted by atomic mass is 16.7. The number of hydrogen-bond donors (Lipinski definition) is 1. The van der Waals surface area contributed by atoms with Gasteiger partial charge in [-0.2, -0.15) is 0 Å². The molecule has 5 heteroatoms. The minimum absolute atomic E-state index is 0.171. The number of fused-ring (bicyclic) bond motifs is 2. The molecule has 5 nitrogen and oxygen atoms in total. The molecule has 0 saturated carbocycles. The zero-order valence-corrected chi connectivity index (χ0v) is 13.4. The minimum Gasteiger partial charge on any atom is -0.481 e.